The normalized spacial score (nSPS) is 10.3. The van der Waals surface area contributed by atoms with Crippen molar-refractivity contribution in [2.75, 3.05) is 0 Å². The number of nitro groups is 1. The molecular formula is C11H9N3O4. The first-order valence-electron chi connectivity index (χ1n) is 5.03. The second kappa shape index (κ2) is 4.28. The van der Waals surface area contributed by atoms with Crippen molar-refractivity contribution in [2.24, 2.45) is 0 Å². The van der Waals surface area contributed by atoms with Gasteiger partial charge in [0.2, 0.25) is 0 Å². The van der Waals surface area contributed by atoms with Gasteiger partial charge in [0.05, 0.1) is 16.3 Å². The molecule has 2 rings (SSSR count). The molecular weight excluding hydrogens is 238 g/mol. The van der Waals surface area contributed by atoms with E-state index in [-0.39, 0.29) is 5.56 Å². The Balaban J connectivity index is 2.56. The molecule has 0 aliphatic heterocycles. The summed E-state index contributed by atoms with van der Waals surface area (Å²) in [6, 6.07) is 5.60. The van der Waals surface area contributed by atoms with Crippen LogP contribution < -0.4 is 0 Å². The number of nitro benzene ring substituents is 1. The fourth-order valence-electron chi connectivity index (χ4n) is 1.56. The van der Waals surface area contributed by atoms with E-state index in [9.17, 15) is 14.9 Å². The van der Waals surface area contributed by atoms with Gasteiger partial charge in [0.15, 0.2) is 0 Å². The van der Waals surface area contributed by atoms with E-state index >= 15 is 0 Å². The predicted octanol–water partition coefficient (Wildman–Crippen LogP) is 1.79. The number of nitrogens with zero attached hydrogens (tertiary/aromatic N) is 3. The van der Waals surface area contributed by atoms with Crippen LogP contribution in [-0.2, 0) is 0 Å². The summed E-state index contributed by atoms with van der Waals surface area (Å²) in [6.45, 7) is 1.79. The van der Waals surface area contributed by atoms with E-state index in [1.54, 1.807) is 19.2 Å². The lowest BCUT2D eigenvalue weighted by Gasteiger charge is -2.03. The highest BCUT2D eigenvalue weighted by Crippen LogP contribution is 2.21. The lowest BCUT2D eigenvalue weighted by Crippen LogP contribution is -2.05. The highest BCUT2D eigenvalue weighted by atomic mass is 16.6. The largest absolute Gasteiger partial charge is 0.477 e. The van der Waals surface area contributed by atoms with Crippen LogP contribution in [-0.4, -0.2) is 25.8 Å². The van der Waals surface area contributed by atoms with Crippen LogP contribution in [0.15, 0.2) is 30.5 Å². The van der Waals surface area contributed by atoms with Crippen molar-refractivity contribution in [3.63, 3.8) is 0 Å². The smallest absolute Gasteiger partial charge is 0.342 e. The van der Waals surface area contributed by atoms with E-state index < -0.39 is 16.6 Å². The maximum absolute atomic E-state index is 11.0. The van der Waals surface area contributed by atoms with Gasteiger partial charge in [-0.2, -0.15) is 5.10 Å². The Bertz CT molecular complexity index is 633. The number of carbonyl (C=O) groups is 1. The highest BCUT2D eigenvalue weighted by molar-refractivity contribution is 5.93. The van der Waals surface area contributed by atoms with E-state index in [0.29, 0.717) is 5.69 Å². The van der Waals surface area contributed by atoms with E-state index in [1.807, 2.05) is 0 Å². The van der Waals surface area contributed by atoms with Gasteiger partial charge >= 0.3 is 5.97 Å². The summed E-state index contributed by atoms with van der Waals surface area (Å²) >= 11 is 0. The second-order valence-corrected chi connectivity index (χ2v) is 3.67. The van der Waals surface area contributed by atoms with Crippen LogP contribution in [0.5, 0.6) is 0 Å². The van der Waals surface area contributed by atoms with Gasteiger partial charge in [-0.3, -0.25) is 10.1 Å². The zero-order valence-electron chi connectivity index (χ0n) is 9.40. The minimum atomic E-state index is -1.34. The summed E-state index contributed by atoms with van der Waals surface area (Å²) < 4.78 is 1.46. The average Bonchev–Trinajstić information content (AvgIpc) is 2.75. The first-order valence-corrected chi connectivity index (χ1v) is 5.03. The van der Waals surface area contributed by atoms with Gasteiger partial charge in [0.25, 0.3) is 5.69 Å². The molecule has 0 atom stereocenters. The number of hydrogen-bond acceptors (Lipinski definition) is 4. The zero-order valence-corrected chi connectivity index (χ0v) is 9.40. The standard InChI is InChI=1S/C11H9N3O4/c1-7-4-5-13(12-7)8-2-3-10(14(17)18)9(6-8)11(15)16/h2-6H,1H3,(H,15,16). The average molecular weight is 247 g/mol. The van der Waals surface area contributed by atoms with Crippen molar-refractivity contribution in [2.45, 2.75) is 6.92 Å². The van der Waals surface area contributed by atoms with Gasteiger partial charge in [-0.1, -0.05) is 0 Å². The van der Waals surface area contributed by atoms with Gasteiger partial charge in [0, 0.05) is 12.3 Å². The molecule has 0 bridgehead atoms. The maximum atomic E-state index is 11.0. The molecule has 0 radical (unpaired) electrons. The summed E-state index contributed by atoms with van der Waals surface area (Å²) in [7, 11) is 0. The fourth-order valence-corrected chi connectivity index (χ4v) is 1.56. The van der Waals surface area contributed by atoms with Crippen LogP contribution in [0.3, 0.4) is 0 Å². The minimum absolute atomic E-state index is 0.356. The van der Waals surface area contributed by atoms with Gasteiger partial charge in [-0.15, -0.1) is 0 Å². The van der Waals surface area contributed by atoms with E-state index in [0.717, 1.165) is 11.8 Å². The van der Waals surface area contributed by atoms with Crippen molar-refractivity contribution >= 4 is 11.7 Å². The summed E-state index contributed by atoms with van der Waals surface area (Å²) in [5.41, 5.74) is 0.442. The Hall–Kier alpha value is -2.70. The Morgan fingerprint density at radius 1 is 1.44 bits per heavy atom. The summed E-state index contributed by atoms with van der Waals surface area (Å²) in [5, 5.41) is 23.8. The van der Waals surface area contributed by atoms with E-state index in [1.165, 1.54) is 16.8 Å². The lowest BCUT2D eigenvalue weighted by atomic mass is 10.1. The number of aromatic nitrogens is 2. The number of aromatic carboxylic acids is 1. The first-order chi connectivity index (χ1) is 8.49. The number of carboxylic acids is 1. The quantitative estimate of drug-likeness (QED) is 0.658. The molecule has 92 valence electrons. The molecule has 7 heteroatoms. The topological polar surface area (TPSA) is 98.3 Å². The lowest BCUT2D eigenvalue weighted by molar-refractivity contribution is -0.385. The van der Waals surface area contributed by atoms with Crippen LogP contribution in [0, 0.1) is 17.0 Å². The van der Waals surface area contributed by atoms with Crippen LogP contribution in [0.2, 0.25) is 0 Å². The summed E-state index contributed by atoms with van der Waals surface area (Å²) in [4.78, 5) is 21.0. The molecule has 1 heterocycles. The van der Waals surface area contributed by atoms with Crippen molar-refractivity contribution in [3.8, 4) is 5.69 Å². The number of carboxylic acid groups (broad SMARTS) is 1. The molecule has 7 nitrogen and oxygen atoms in total. The highest BCUT2D eigenvalue weighted by Gasteiger charge is 2.20. The van der Waals surface area contributed by atoms with Crippen LogP contribution in [0.25, 0.3) is 5.69 Å². The van der Waals surface area contributed by atoms with Crippen LogP contribution in [0.1, 0.15) is 16.1 Å². The van der Waals surface area contributed by atoms with Crippen molar-refractivity contribution in [1.82, 2.24) is 9.78 Å². The number of benzene rings is 1. The number of rotatable bonds is 3. The molecule has 18 heavy (non-hydrogen) atoms. The molecule has 2 aromatic rings. The molecule has 1 aromatic heterocycles. The van der Waals surface area contributed by atoms with Crippen molar-refractivity contribution in [3.05, 3.63) is 51.8 Å². The van der Waals surface area contributed by atoms with E-state index in [2.05, 4.69) is 5.10 Å². The molecule has 1 aromatic carbocycles. The van der Waals surface area contributed by atoms with Gasteiger partial charge in [-0.05, 0) is 25.1 Å². The molecule has 0 fully saturated rings. The number of aryl methyl sites for hydroxylation is 1. The van der Waals surface area contributed by atoms with Crippen LogP contribution >= 0.6 is 0 Å². The van der Waals surface area contributed by atoms with Crippen molar-refractivity contribution < 1.29 is 14.8 Å². The minimum Gasteiger partial charge on any atom is -0.477 e. The molecule has 1 N–H and O–H groups in total. The predicted molar refractivity (Wildman–Crippen MR) is 61.9 cm³/mol. The fraction of sp³-hybridized carbons (Fsp3) is 0.0909. The maximum Gasteiger partial charge on any atom is 0.342 e. The summed E-state index contributed by atoms with van der Waals surface area (Å²) in [6.07, 6.45) is 1.65. The molecule has 0 unspecified atom stereocenters. The number of hydrogen-bond donors (Lipinski definition) is 1. The van der Waals surface area contributed by atoms with Gasteiger partial charge in [-0.25, -0.2) is 9.48 Å². The summed E-state index contributed by atoms with van der Waals surface area (Å²) in [5.74, 6) is -1.34. The van der Waals surface area contributed by atoms with E-state index in [4.69, 9.17) is 5.11 Å². The Labute approximate surface area is 101 Å². The molecule has 0 saturated heterocycles. The SMILES string of the molecule is Cc1ccn(-c2ccc([N+](=O)[O-])c(C(=O)O)c2)n1. The van der Waals surface area contributed by atoms with Crippen LogP contribution in [0.4, 0.5) is 5.69 Å². The third kappa shape index (κ3) is 2.05. The Morgan fingerprint density at radius 2 is 2.17 bits per heavy atom. The van der Waals surface area contributed by atoms with Gasteiger partial charge in [0.1, 0.15) is 5.56 Å². The molecule has 0 aliphatic carbocycles. The Kier molecular flexibility index (Phi) is 2.80. The molecule has 0 saturated carbocycles. The van der Waals surface area contributed by atoms with Gasteiger partial charge < -0.3 is 5.11 Å². The molecule has 0 spiro atoms. The first kappa shape index (κ1) is 11.8. The Morgan fingerprint density at radius 3 is 2.67 bits per heavy atom. The monoisotopic (exact) mass is 247 g/mol. The molecule has 0 aliphatic rings. The molecule has 0 amide bonds. The zero-order chi connectivity index (χ0) is 13.3. The third-order valence-electron chi connectivity index (χ3n) is 2.39. The second-order valence-electron chi connectivity index (χ2n) is 3.67. The third-order valence-corrected chi connectivity index (χ3v) is 2.39. The van der Waals surface area contributed by atoms with Crippen molar-refractivity contribution in [1.29, 1.82) is 0 Å².